The van der Waals surface area contributed by atoms with Crippen LogP contribution in [0.2, 0.25) is 0 Å². The Morgan fingerprint density at radius 3 is 2.86 bits per heavy atom. The lowest BCUT2D eigenvalue weighted by molar-refractivity contribution is 0.171. The Hall–Kier alpha value is -3.81. The summed E-state index contributed by atoms with van der Waals surface area (Å²) in [5, 5.41) is 3.33. The first-order valence-corrected chi connectivity index (χ1v) is 9.51. The van der Waals surface area contributed by atoms with Crippen molar-refractivity contribution in [1.29, 1.82) is 0 Å². The molecule has 0 unspecified atom stereocenters. The highest BCUT2D eigenvalue weighted by atomic mass is 16.6. The topological polar surface area (TPSA) is 94.1 Å². The van der Waals surface area contributed by atoms with E-state index in [1.165, 1.54) is 5.56 Å². The van der Waals surface area contributed by atoms with Gasteiger partial charge >= 0.3 is 5.69 Å². The average Bonchev–Trinajstić information content (AvgIpc) is 3.35. The van der Waals surface area contributed by atoms with Gasteiger partial charge < -0.3 is 14.8 Å². The minimum Gasteiger partial charge on any atom is -0.486 e. The summed E-state index contributed by atoms with van der Waals surface area (Å²) in [6.07, 6.45) is 2.59. The van der Waals surface area contributed by atoms with Gasteiger partial charge in [-0.05, 0) is 48.4 Å². The van der Waals surface area contributed by atoms with Gasteiger partial charge in [-0.2, -0.15) is 0 Å². The average molecular weight is 387 g/mol. The van der Waals surface area contributed by atoms with E-state index in [1.807, 2.05) is 36.4 Å². The van der Waals surface area contributed by atoms with Gasteiger partial charge in [-0.15, -0.1) is 0 Å². The Morgan fingerprint density at radius 2 is 1.93 bits per heavy atom. The number of fused-ring (bicyclic) bond motifs is 3. The smallest absolute Gasteiger partial charge is 0.333 e. The largest absolute Gasteiger partial charge is 0.486 e. The Kier molecular flexibility index (Phi) is 3.40. The maximum atomic E-state index is 12.7. The van der Waals surface area contributed by atoms with E-state index in [-0.39, 0.29) is 5.69 Å². The van der Waals surface area contributed by atoms with Gasteiger partial charge in [0.05, 0.1) is 17.6 Å². The summed E-state index contributed by atoms with van der Waals surface area (Å²) in [5.41, 5.74) is 5.28. The number of ether oxygens (including phenoxy) is 2. The molecule has 0 spiro atoms. The second kappa shape index (κ2) is 6.10. The first-order valence-electron chi connectivity index (χ1n) is 9.51. The van der Waals surface area contributed by atoms with E-state index >= 15 is 0 Å². The number of rotatable bonds is 2. The van der Waals surface area contributed by atoms with E-state index < -0.39 is 0 Å². The van der Waals surface area contributed by atoms with Gasteiger partial charge in [0, 0.05) is 17.8 Å². The molecule has 8 heteroatoms. The Balaban J connectivity index is 1.50. The Morgan fingerprint density at radius 1 is 1.03 bits per heavy atom. The number of imidazole rings is 1. The van der Waals surface area contributed by atoms with Gasteiger partial charge in [-0.25, -0.2) is 19.3 Å². The zero-order chi connectivity index (χ0) is 19.4. The fraction of sp³-hybridized carbons (Fsp3) is 0.190. The van der Waals surface area contributed by atoms with E-state index in [0.29, 0.717) is 36.0 Å². The number of H-pyrrole nitrogens is 1. The van der Waals surface area contributed by atoms with Crippen LogP contribution in [0.25, 0.3) is 28.2 Å². The predicted molar refractivity (Wildman–Crippen MR) is 108 cm³/mol. The number of benzene rings is 2. The molecule has 0 atom stereocenters. The monoisotopic (exact) mass is 387 g/mol. The lowest BCUT2D eigenvalue weighted by atomic mass is 10.1. The van der Waals surface area contributed by atoms with Crippen molar-refractivity contribution in [2.24, 2.45) is 0 Å². The molecule has 2 aliphatic heterocycles. The zero-order valence-electron chi connectivity index (χ0n) is 15.4. The Bertz CT molecular complexity index is 1320. The third-order valence-corrected chi connectivity index (χ3v) is 5.29. The highest BCUT2D eigenvalue weighted by Gasteiger charge is 2.17. The third-order valence-electron chi connectivity index (χ3n) is 5.29. The van der Waals surface area contributed by atoms with Crippen LogP contribution in [0.4, 0.5) is 5.69 Å². The third kappa shape index (κ3) is 2.56. The van der Waals surface area contributed by atoms with Crippen molar-refractivity contribution in [1.82, 2.24) is 19.5 Å². The second-order valence-corrected chi connectivity index (χ2v) is 7.07. The van der Waals surface area contributed by atoms with Crippen LogP contribution in [0.1, 0.15) is 5.56 Å². The highest BCUT2D eigenvalue weighted by Crippen LogP contribution is 2.34. The summed E-state index contributed by atoms with van der Waals surface area (Å²) in [4.78, 5) is 24.6. The van der Waals surface area contributed by atoms with Crippen molar-refractivity contribution >= 4 is 17.0 Å². The summed E-state index contributed by atoms with van der Waals surface area (Å²) in [6, 6.07) is 11.6. The lowest BCUT2D eigenvalue weighted by Crippen LogP contribution is -2.15. The van der Waals surface area contributed by atoms with Gasteiger partial charge in [0.15, 0.2) is 22.8 Å². The molecule has 0 bridgehead atoms. The standard InChI is InChI=1S/C21H17N5O3/c27-21-25-19-20(26(21)14-2-3-15-13(9-14)5-6-22-15)24-16(11-23-19)12-1-4-17-18(10-12)29-8-7-28-17/h1-4,9-11,22H,5-8H2,(H,23,25,27). The summed E-state index contributed by atoms with van der Waals surface area (Å²) in [6.45, 7) is 1.98. The maximum absolute atomic E-state index is 12.7. The summed E-state index contributed by atoms with van der Waals surface area (Å²) < 4.78 is 12.8. The molecule has 8 nitrogen and oxygen atoms in total. The van der Waals surface area contributed by atoms with Crippen LogP contribution in [0.15, 0.2) is 47.4 Å². The minimum atomic E-state index is -0.259. The molecule has 144 valence electrons. The van der Waals surface area contributed by atoms with E-state index in [0.717, 1.165) is 35.7 Å². The quantitative estimate of drug-likeness (QED) is 0.549. The van der Waals surface area contributed by atoms with Crippen molar-refractivity contribution < 1.29 is 9.47 Å². The van der Waals surface area contributed by atoms with Crippen LogP contribution in [0.5, 0.6) is 11.5 Å². The molecule has 0 fully saturated rings. The van der Waals surface area contributed by atoms with Gasteiger partial charge in [0.25, 0.3) is 0 Å². The number of nitrogens with one attached hydrogen (secondary N) is 2. The molecule has 2 aliphatic rings. The van der Waals surface area contributed by atoms with Crippen molar-refractivity contribution in [2.45, 2.75) is 6.42 Å². The summed E-state index contributed by atoms with van der Waals surface area (Å²) in [5.74, 6) is 1.41. The van der Waals surface area contributed by atoms with Crippen molar-refractivity contribution in [2.75, 3.05) is 25.1 Å². The normalized spacial score (nSPS) is 14.6. The molecule has 6 rings (SSSR count). The molecular weight excluding hydrogens is 370 g/mol. The molecule has 2 aromatic carbocycles. The van der Waals surface area contributed by atoms with Gasteiger partial charge in [-0.1, -0.05) is 0 Å². The molecule has 2 aromatic heterocycles. The molecule has 0 amide bonds. The van der Waals surface area contributed by atoms with E-state index in [2.05, 4.69) is 15.3 Å². The van der Waals surface area contributed by atoms with Crippen molar-refractivity contribution in [3.63, 3.8) is 0 Å². The number of anilines is 1. The molecule has 0 radical (unpaired) electrons. The van der Waals surface area contributed by atoms with Crippen molar-refractivity contribution in [3.05, 3.63) is 58.6 Å². The fourth-order valence-electron chi connectivity index (χ4n) is 3.89. The first-order chi connectivity index (χ1) is 14.3. The molecule has 29 heavy (non-hydrogen) atoms. The lowest BCUT2D eigenvalue weighted by Gasteiger charge is -2.18. The van der Waals surface area contributed by atoms with Gasteiger partial charge in [-0.3, -0.25) is 4.98 Å². The molecule has 0 saturated carbocycles. The van der Waals surface area contributed by atoms with Gasteiger partial charge in [0.1, 0.15) is 13.2 Å². The van der Waals surface area contributed by atoms with Crippen LogP contribution >= 0.6 is 0 Å². The second-order valence-electron chi connectivity index (χ2n) is 7.07. The van der Waals surface area contributed by atoms with Gasteiger partial charge in [0.2, 0.25) is 0 Å². The highest BCUT2D eigenvalue weighted by molar-refractivity contribution is 5.74. The molecule has 4 heterocycles. The molecular formula is C21H17N5O3. The SMILES string of the molecule is O=c1[nH]c2ncc(-c3ccc4c(c3)OCCO4)nc2n1-c1ccc2c(c1)CCN2. The van der Waals surface area contributed by atoms with E-state index in [9.17, 15) is 4.79 Å². The van der Waals surface area contributed by atoms with E-state index in [1.54, 1.807) is 10.8 Å². The Labute approximate surface area is 165 Å². The number of hydrogen-bond donors (Lipinski definition) is 2. The van der Waals surface area contributed by atoms with Crippen LogP contribution in [0.3, 0.4) is 0 Å². The molecule has 4 aromatic rings. The van der Waals surface area contributed by atoms with Crippen molar-refractivity contribution in [3.8, 4) is 28.4 Å². The number of hydrogen-bond acceptors (Lipinski definition) is 6. The molecule has 0 saturated heterocycles. The molecule has 0 aliphatic carbocycles. The summed E-state index contributed by atoms with van der Waals surface area (Å²) >= 11 is 0. The predicted octanol–water partition coefficient (Wildman–Crippen LogP) is 2.51. The van der Waals surface area contributed by atoms with Crippen LogP contribution < -0.4 is 20.5 Å². The maximum Gasteiger partial charge on any atom is 0.333 e. The molecule has 2 N–H and O–H groups in total. The van der Waals surface area contributed by atoms with Crippen LogP contribution in [0, 0.1) is 0 Å². The van der Waals surface area contributed by atoms with Crippen LogP contribution in [-0.4, -0.2) is 39.3 Å². The van der Waals surface area contributed by atoms with Crippen LogP contribution in [-0.2, 0) is 6.42 Å². The zero-order valence-corrected chi connectivity index (χ0v) is 15.4. The first kappa shape index (κ1) is 16.2. The number of aromatic amines is 1. The number of aromatic nitrogens is 4. The minimum absolute atomic E-state index is 0.259. The summed E-state index contributed by atoms with van der Waals surface area (Å²) in [7, 11) is 0. The van der Waals surface area contributed by atoms with E-state index in [4.69, 9.17) is 14.5 Å². The fourth-order valence-corrected chi connectivity index (χ4v) is 3.89. The number of nitrogens with zero attached hydrogens (tertiary/aromatic N) is 3.